The molecule has 0 aromatic heterocycles. The molecule has 0 bridgehead atoms. The largest absolute Gasteiger partial charge is 0.462 e. The number of unbranched alkanes of at least 4 members (excludes halogenated alkanes) is 1. The monoisotopic (exact) mass is 380 g/mol. The molecule has 0 radical (unpaired) electrons. The number of guanidine groups is 1. The standard InChI is InChI=1S/C21H40N4O2/c1-3-5-15-25-16-12-18(13-17-25)24-21(22-4-2)23-14-8-11-20(26)27-19-9-6-7-10-19/h18-19H,3-17H2,1-2H3,(H2,22,23,24). The van der Waals surface area contributed by atoms with E-state index >= 15 is 0 Å². The second-order valence-electron chi connectivity index (χ2n) is 7.87. The van der Waals surface area contributed by atoms with Crippen molar-refractivity contribution in [3.05, 3.63) is 0 Å². The van der Waals surface area contributed by atoms with Gasteiger partial charge in [0.25, 0.3) is 0 Å². The highest BCUT2D eigenvalue weighted by Crippen LogP contribution is 2.21. The van der Waals surface area contributed by atoms with E-state index in [4.69, 9.17) is 4.74 Å². The van der Waals surface area contributed by atoms with Crippen molar-refractivity contribution < 1.29 is 9.53 Å². The molecule has 6 nitrogen and oxygen atoms in total. The summed E-state index contributed by atoms with van der Waals surface area (Å²) < 4.78 is 5.50. The van der Waals surface area contributed by atoms with E-state index < -0.39 is 0 Å². The number of likely N-dealkylation sites (tertiary alicyclic amines) is 1. The van der Waals surface area contributed by atoms with Crippen molar-refractivity contribution in [1.29, 1.82) is 0 Å². The lowest BCUT2D eigenvalue weighted by Crippen LogP contribution is -2.48. The van der Waals surface area contributed by atoms with Crippen LogP contribution in [0.4, 0.5) is 0 Å². The Bertz CT molecular complexity index is 441. The lowest BCUT2D eigenvalue weighted by Gasteiger charge is -2.33. The third-order valence-corrected chi connectivity index (χ3v) is 5.51. The van der Waals surface area contributed by atoms with E-state index in [1.807, 2.05) is 0 Å². The molecule has 0 unspecified atom stereocenters. The van der Waals surface area contributed by atoms with Crippen LogP contribution < -0.4 is 10.6 Å². The fraction of sp³-hybridized carbons (Fsp3) is 0.905. The van der Waals surface area contributed by atoms with Gasteiger partial charge in [0, 0.05) is 38.6 Å². The fourth-order valence-electron chi connectivity index (χ4n) is 3.86. The normalized spacial score (nSPS) is 20.0. The SMILES string of the molecule is CCCCN1CCC(NC(=NCCCC(=O)OC2CCCC2)NCC)CC1. The first-order chi connectivity index (χ1) is 13.2. The molecule has 2 N–H and O–H groups in total. The number of esters is 1. The molecule has 0 amide bonds. The van der Waals surface area contributed by atoms with E-state index in [0.717, 1.165) is 31.8 Å². The minimum Gasteiger partial charge on any atom is -0.462 e. The smallest absolute Gasteiger partial charge is 0.306 e. The average Bonchev–Trinajstić information content (AvgIpc) is 3.17. The van der Waals surface area contributed by atoms with Gasteiger partial charge in [-0.1, -0.05) is 13.3 Å². The van der Waals surface area contributed by atoms with Crippen molar-refractivity contribution in [2.75, 3.05) is 32.7 Å². The van der Waals surface area contributed by atoms with Crippen LogP contribution in [0.3, 0.4) is 0 Å². The molecule has 1 aliphatic heterocycles. The van der Waals surface area contributed by atoms with Crippen LogP contribution >= 0.6 is 0 Å². The first-order valence-electron chi connectivity index (χ1n) is 11.2. The summed E-state index contributed by atoms with van der Waals surface area (Å²) in [6, 6.07) is 0.494. The van der Waals surface area contributed by atoms with Gasteiger partial charge in [-0.15, -0.1) is 0 Å². The van der Waals surface area contributed by atoms with Crippen LogP contribution in [0.1, 0.15) is 78.1 Å². The third kappa shape index (κ3) is 8.96. The molecule has 2 fully saturated rings. The maximum atomic E-state index is 11.9. The van der Waals surface area contributed by atoms with Crippen LogP contribution in [0.15, 0.2) is 4.99 Å². The number of ether oxygens (including phenoxy) is 1. The number of carbonyl (C=O) groups is 1. The summed E-state index contributed by atoms with van der Waals surface area (Å²) >= 11 is 0. The highest BCUT2D eigenvalue weighted by Gasteiger charge is 2.20. The minimum atomic E-state index is -0.0606. The lowest BCUT2D eigenvalue weighted by molar-refractivity contribution is -0.148. The maximum Gasteiger partial charge on any atom is 0.306 e. The number of hydrogen-bond donors (Lipinski definition) is 2. The van der Waals surface area contributed by atoms with E-state index in [-0.39, 0.29) is 12.1 Å². The van der Waals surface area contributed by atoms with Crippen LogP contribution in [-0.4, -0.2) is 61.7 Å². The van der Waals surface area contributed by atoms with Gasteiger partial charge in [0.15, 0.2) is 5.96 Å². The Labute approximate surface area is 165 Å². The predicted molar refractivity (Wildman–Crippen MR) is 111 cm³/mol. The van der Waals surface area contributed by atoms with Gasteiger partial charge in [-0.25, -0.2) is 0 Å². The molecule has 0 spiro atoms. The van der Waals surface area contributed by atoms with Crippen LogP contribution in [0.25, 0.3) is 0 Å². The highest BCUT2D eigenvalue weighted by atomic mass is 16.5. The fourth-order valence-corrected chi connectivity index (χ4v) is 3.86. The summed E-state index contributed by atoms with van der Waals surface area (Å²) in [7, 11) is 0. The molecule has 0 aromatic rings. The molecule has 1 saturated carbocycles. The predicted octanol–water partition coefficient (Wildman–Crippen LogP) is 3.07. The van der Waals surface area contributed by atoms with Gasteiger partial charge in [-0.05, 0) is 64.8 Å². The molecule has 6 heteroatoms. The Morgan fingerprint density at radius 1 is 1.11 bits per heavy atom. The summed E-state index contributed by atoms with van der Waals surface area (Å²) in [5.41, 5.74) is 0. The van der Waals surface area contributed by atoms with Gasteiger partial charge in [-0.3, -0.25) is 9.79 Å². The Hall–Kier alpha value is -1.30. The number of hydrogen-bond acceptors (Lipinski definition) is 4. The van der Waals surface area contributed by atoms with Crippen molar-refractivity contribution in [3.8, 4) is 0 Å². The molecular formula is C21H40N4O2. The lowest BCUT2D eigenvalue weighted by atomic mass is 10.0. The summed E-state index contributed by atoms with van der Waals surface area (Å²) in [6.45, 7) is 9.42. The van der Waals surface area contributed by atoms with E-state index in [9.17, 15) is 4.79 Å². The molecule has 27 heavy (non-hydrogen) atoms. The van der Waals surface area contributed by atoms with Gasteiger partial charge in [0.05, 0.1) is 0 Å². The van der Waals surface area contributed by atoms with Gasteiger partial charge in [0.1, 0.15) is 6.10 Å². The first kappa shape index (κ1) is 22.0. The average molecular weight is 381 g/mol. The number of nitrogens with zero attached hydrogens (tertiary/aromatic N) is 2. The van der Waals surface area contributed by atoms with Gasteiger partial charge in [-0.2, -0.15) is 0 Å². The van der Waals surface area contributed by atoms with E-state index in [1.54, 1.807) is 0 Å². The molecule has 156 valence electrons. The van der Waals surface area contributed by atoms with Crippen molar-refractivity contribution in [2.24, 2.45) is 4.99 Å². The van der Waals surface area contributed by atoms with Gasteiger partial charge >= 0.3 is 5.97 Å². The van der Waals surface area contributed by atoms with Crippen molar-refractivity contribution >= 4 is 11.9 Å². The Morgan fingerprint density at radius 2 is 1.85 bits per heavy atom. The molecule has 0 atom stereocenters. The minimum absolute atomic E-state index is 0.0606. The molecule has 0 aromatic carbocycles. The quantitative estimate of drug-likeness (QED) is 0.264. The van der Waals surface area contributed by atoms with E-state index in [2.05, 4.69) is 34.4 Å². The maximum absolute atomic E-state index is 11.9. The number of piperidine rings is 1. The zero-order valence-corrected chi connectivity index (χ0v) is 17.5. The third-order valence-electron chi connectivity index (χ3n) is 5.51. The van der Waals surface area contributed by atoms with Crippen LogP contribution in [-0.2, 0) is 9.53 Å². The molecule has 1 heterocycles. The summed E-state index contributed by atoms with van der Waals surface area (Å²) in [6.07, 6.45) is 10.7. The van der Waals surface area contributed by atoms with E-state index in [0.29, 0.717) is 19.0 Å². The molecule has 1 aliphatic carbocycles. The second kappa shape index (κ2) is 13.0. The van der Waals surface area contributed by atoms with Crippen molar-refractivity contribution in [2.45, 2.75) is 90.2 Å². The number of carbonyl (C=O) groups excluding carboxylic acids is 1. The number of nitrogens with one attached hydrogen (secondary N) is 2. The Morgan fingerprint density at radius 3 is 2.52 bits per heavy atom. The highest BCUT2D eigenvalue weighted by molar-refractivity contribution is 5.80. The van der Waals surface area contributed by atoms with Gasteiger partial charge in [0.2, 0.25) is 0 Å². The second-order valence-corrected chi connectivity index (χ2v) is 7.87. The van der Waals surface area contributed by atoms with Crippen LogP contribution in [0, 0.1) is 0 Å². The van der Waals surface area contributed by atoms with Crippen LogP contribution in [0.2, 0.25) is 0 Å². The molecule has 2 aliphatic rings. The zero-order valence-electron chi connectivity index (χ0n) is 17.5. The van der Waals surface area contributed by atoms with Crippen molar-refractivity contribution in [3.63, 3.8) is 0 Å². The zero-order chi connectivity index (χ0) is 19.3. The Balaban J connectivity index is 1.64. The van der Waals surface area contributed by atoms with Crippen LogP contribution in [0.5, 0.6) is 0 Å². The van der Waals surface area contributed by atoms with Gasteiger partial charge < -0.3 is 20.3 Å². The Kier molecular flexibility index (Phi) is 10.6. The number of aliphatic imine (C=N–C) groups is 1. The topological polar surface area (TPSA) is 66.0 Å². The molecule has 1 saturated heterocycles. The number of rotatable bonds is 10. The first-order valence-corrected chi connectivity index (χ1v) is 11.2. The summed E-state index contributed by atoms with van der Waals surface area (Å²) in [5, 5.41) is 6.91. The summed E-state index contributed by atoms with van der Waals surface area (Å²) in [5.74, 6) is 0.822. The molecular weight excluding hydrogens is 340 g/mol. The van der Waals surface area contributed by atoms with Crippen molar-refractivity contribution in [1.82, 2.24) is 15.5 Å². The molecule has 2 rings (SSSR count). The summed E-state index contributed by atoms with van der Waals surface area (Å²) in [4.78, 5) is 19.1. The van der Waals surface area contributed by atoms with E-state index in [1.165, 1.54) is 58.2 Å².